The molecule has 120 valence electrons. The van der Waals surface area contributed by atoms with E-state index in [0.717, 1.165) is 30.8 Å². The van der Waals surface area contributed by atoms with Crippen LogP contribution in [-0.2, 0) is 11.3 Å². The van der Waals surface area contributed by atoms with Crippen LogP contribution in [0.5, 0.6) is 0 Å². The first kappa shape index (κ1) is 15.6. The number of carbonyl (C=O) groups is 1. The van der Waals surface area contributed by atoms with E-state index >= 15 is 0 Å². The summed E-state index contributed by atoms with van der Waals surface area (Å²) < 4.78 is 5.13. The summed E-state index contributed by atoms with van der Waals surface area (Å²) in [5.41, 5.74) is 3.17. The number of likely N-dealkylation sites (tertiary alicyclic amines) is 1. The number of nitrogens with one attached hydrogen (secondary N) is 1. The molecule has 1 atom stereocenters. The summed E-state index contributed by atoms with van der Waals surface area (Å²) in [7, 11) is 1.67. The van der Waals surface area contributed by atoms with E-state index in [1.807, 2.05) is 35.2 Å². The monoisotopic (exact) mass is 310 g/mol. The third kappa shape index (κ3) is 3.90. The number of methoxy groups -OCH3 is 1. The highest BCUT2D eigenvalue weighted by Gasteiger charge is 2.27. The van der Waals surface area contributed by atoms with E-state index < -0.39 is 0 Å². The minimum Gasteiger partial charge on any atom is -0.380 e. The predicted molar refractivity (Wildman–Crippen MR) is 91.5 cm³/mol. The zero-order chi connectivity index (χ0) is 16.1. The Morgan fingerprint density at radius 3 is 2.83 bits per heavy atom. The van der Waals surface area contributed by atoms with Crippen molar-refractivity contribution in [2.75, 3.05) is 25.5 Å². The Kier molecular flexibility index (Phi) is 4.93. The van der Waals surface area contributed by atoms with E-state index in [-0.39, 0.29) is 6.03 Å². The second-order valence-corrected chi connectivity index (χ2v) is 5.91. The molecule has 1 saturated heterocycles. The second-order valence-electron chi connectivity index (χ2n) is 5.91. The van der Waals surface area contributed by atoms with Crippen molar-refractivity contribution in [3.05, 3.63) is 65.7 Å². The zero-order valence-electron chi connectivity index (χ0n) is 13.4. The SMILES string of the molecule is COCc1cccc(NC(=O)N2CCC(c3ccccc3)C2)c1. The van der Waals surface area contributed by atoms with Gasteiger partial charge in [0.25, 0.3) is 0 Å². The van der Waals surface area contributed by atoms with Crippen molar-refractivity contribution in [2.24, 2.45) is 0 Å². The molecule has 0 bridgehead atoms. The Bertz CT molecular complexity index is 657. The summed E-state index contributed by atoms with van der Waals surface area (Å²) in [6, 6.07) is 18.2. The number of carbonyl (C=O) groups excluding carboxylic acids is 1. The lowest BCUT2D eigenvalue weighted by Crippen LogP contribution is -2.32. The Balaban J connectivity index is 1.60. The first-order valence-corrected chi connectivity index (χ1v) is 7.95. The number of ether oxygens (including phenoxy) is 1. The van der Waals surface area contributed by atoms with Crippen LogP contribution in [0.2, 0.25) is 0 Å². The minimum absolute atomic E-state index is 0.0296. The standard InChI is InChI=1S/C19H22N2O2/c1-23-14-15-6-5-9-18(12-15)20-19(22)21-11-10-17(13-21)16-7-3-2-4-8-16/h2-9,12,17H,10-11,13-14H2,1H3,(H,20,22). The third-order valence-corrected chi connectivity index (χ3v) is 4.24. The van der Waals surface area contributed by atoms with Gasteiger partial charge in [0.15, 0.2) is 0 Å². The van der Waals surface area contributed by atoms with Crippen LogP contribution < -0.4 is 5.32 Å². The van der Waals surface area contributed by atoms with Gasteiger partial charge in [-0.2, -0.15) is 0 Å². The van der Waals surface area contributed by atoms with Gasteiger partial charge in [0.05, 0.1) is 6.61 Å². The van der Waals surface area contributed by atoms with Crippen molar-refractivity contribution in [1.82, 2.24) is 4.90 Å². The van der Waals surface area contributed by atoms with Crippen molar-refractivity contribution in [1.29, 1.82) is 0 Å². The molecule has 1 aliphatic heterocycles. The summed E-state index contributed by atoms with van der Waals surface area (Å²) in [5.74, 6) is 0.432. The van der Waals surface area contributed by atoms with Gasteiger partial charge in [0.1, 0.15) is 0 Å². The largest absolute Gasteiger partial charge is 0.380 e. The number of hydrogen-bond donors (Lipinski definition) is 1. The quantitative estimate of drug-likeness (QED) is 0.932. The summed E-state index contributed by atoms with van der Waals surface area (Å²) in [6.07, 6.45) is 1.02. The number of anilines is 1. The van der Waals surface area contributed by atoms with E-state index in [1.165, 1.54) is 5.56 Å². The van der Waals surface area contributed by atoms with Crippen molar-refractivity contribution in [2.45, 2.75) is 18.9 Å². The average Bonchev–Trinajstić information content (AvgIpc) is 3.06. The maximum atomic E-state index is 12.4. The van der Waals surface area contributed by atoms with E-state index in [0.29, 0.717) is 12.5 Å². The van der Waals surface area contributed by atoms with Gasteiger partial charge >= 0.3 is 6.03 Å². The highest BCUT2D eigenvalue weighted by molar-refractivity contribution is 5.89. The first-order valence-electron chi connectivity index (χ1n) is 7.95. The van der Waals surface area contributed by atoms with E-state index in [4.69, 9.17) is 4.74 Å². The molecular formula is C19H22N2O2. The zero-order valence-corrected chi connectivity index (χ0v) is 13.4. The predicted octanol–water partition coefficient (Wildman–Crippen LogP) is 3.85. The van der Waals surface area contributed by atoms with Crippen LogP contribution in [0.1, 0.15) is 23.5 Å². The number of benzene rings is 2. The van der Waals surface area contributed by atoms with Crippen LogP contribution in [0.4, 0.5) is 10.5 Å². The Hall–Kier alpha value is -2.33. The van der Waals surface area contributed by atoms with Crippen molar-refractivity contribution < 1.29 is 9.53 Å². The van der Waals surface area contributed by atoms with Gasteiger partial charge in [-0.15, -0.1) is 0 Å². The van der Waals surface area contributed by atoms with Gasteiger partial charge < -0.3 is 15.0 Å². The van der Waals surface area contributed by atoms with Crippen molar-refractivity contribution in [3.63, 3.8) is 0 Å². The highest BCUT2D eigenvalue weighted by atomic mass is 16.5. The number of nitrogens with zero attached hydrogens (tertiary/aromatic N) is 1. The topological polar surface area (TPSA) is 41.6 Å². The lowest BCUT2D eigenvalue weighted by Gasteiger charge is -2.18. The molecule has 0 aromatic heterocycles. The normalized spacial score (nSPS) is 17.3. The summed E-state index contributed by atoms with van der Waals surface area (Å²) in [5, 5.41) is 2.99. The Labute approximate surface area is 137 Å². The minimum atomic E-state index is -0.0296. The van der Waals surface area contributed by atoms with Crippen LogP contribution in [0.3, 0.4) is 0 Å². The molecule has 0 saturated carbocycles. The van der Waals surface area contributed by atoms with Gasteiger partial charge in [-0.05, 0) is 29.7 Å². The van der Waals surface area contributed by atoms with E-state index in [1.54, 1.807) is 7.11 Å². The molecule has 0 spiro atoms. The fourth-order valence-corrected chi connectivity index (χ4v) is 3.05. The van der Waals surface area contributed by atoms with Crippen molar-refractivity contribution >= 4 is 11.7 Å². The molecule has 2 aromatic carbocycles. The molecule has 2 aromatic rings. The van der Waals surface area contributed by atoms with Crippen molar-refractivity contribution in [3.8, 4) is 0 Å². The Morgan fingerprint density at radius 1 is 1.22 bits per heavy atom. The molecule has 1 unspecified atom stereocenters. The van der Waals surface area contributed by atoms with Gasteiger partial charge in [-0.3, -0.25) is 0 Å². The molecule has 1 fully saturated rings. The lowest BCUT2D eigenvalue weighted by atomic mass is 9.99. The third-order valence-electron chi connectivity index (χ3n) is 4.24. The van der Waals surface area contributed by atoms with Gasteiger partial charge in [-0.25, -0.2) is 4.79 Å². The summed E-state index contributed by atoms with van der Waals surface area (Å²) >= 11 is 0. The first-order chi connectivity index (χ1) is 11.3. The number of urea groups is 1. The highest BCUT2D eigenvalue weighted by Crippen LogP contribution is 2.27. The van der Waals surface area contributed by atoms with Crippen LogP contribution in [0.15, 0.2) is 54.6 Å². The van der Waals surface area contributed by atoms with E-state index in [9.17, 15) is 4.79 Å². The van der Waals surface area contributed by atoms with Crippen LogP contribution in [0.25, 0.3) is 0 Å². The number of amides is 2. The maximum Gasteiger partial charge on any atom is 0.321 e. The summed E-state index contributed by atoms with van der Waals surface area (Å²) in [4.78, 5) is 14.3. The molecular weight excluding hydrogens is 288 g/mol. The molecule has 2 amide bonds. The molecule has 0 aliphatic carbocycles. The molecule has 1 aliphatic rings. The van der Waals surface area contributed by atoms with E-state index in [2.05, 4.69) is 29.6 Å². The fourth-order valence-electron chi connectivity index (χ4n) is 3.05. The van der Waals surface area contributed by atoms with Gasteiger partial charge in [0.2, 0.25) is 0 Å². The van der Waals surface area contributed by atoms with Gasteiger partial charge in [-0.1, -0.05) is 42.5 Å². The smallest absolute Gasteiger partial charge is 0.321 e. The second kappa shape index (κ2) is 7.29. The van der Waals surface area contributed by atoms with Crippen LogP contribution >= 0.6 is 0 Å². The molecule has 4 nitrogen and oxygen atoms in total. The summed E-state index contributed by atoms with van der Waals surface area (Å²) in [6.45, 7) is 2.11. The average molecular weight is 310 g/mol. The fraction of sp³-hybridized carbons (Fsp3) is 0.316. The molecule has 0 radical (unpaired) electrons. The Morgan fingerprint density at radius 2 is 2.04 bits per heavy atom. The molecule has 4 heteroatoms. The molecule has 1 heterocycles. The number of hydrogen-bond acceptors (Lipinski definition) is 2. The molecule has 1 N–H and O–H groups in total. The van der Waals surface area contributed by atoms with Crippen LogP contribution in [0, 0.1) is 0 Å². The maximum absolute atomic E-state index is 12.4. The molecule has 3 rings (SSSR count). The molecule has 23 heavy (non-hydrogen) atoms. The number of rotatable bonds is 4. The van der Waals surface area contributed by atoms with Crippen LogP contribution in [-0.4, -0.2) is 31.1 Å². The van der Waals surface area contributed by atoms with Gasteiger partial charge in [0, 0.05) is 31.8 Å². The lowest BCUT2D eigenvalue weighted by molar-refractivity contribution is 0.185.